The molecule has 0 unspecified atom stereocenters. The van der Waals surface area contributed by atoms with Crippen LogP contribution in [0.25, 0.3) is 0 Å². The molecule has 2 aromatic rings. The fourth-order valence-corrected chi connectivity index (χ4v) is 1.87. The van der Waals surface area contributed by atoms with Crippen molar-refractivity contribution in [1.29, 1.82) is 0 Å². The van der Waals surface area contributed by atoms with E-state index < -0.39 is 5.91 Å². The van der Waals surface area contributed by atoms with Crippen molar-refractivity contribution in [2.75, 3.05) is 11.1 Å². The highest BCUT2D eigenvalue weighted by atomic mass is 16.2. The van der Waals surface area contributed by atoms with E-state index in [9.17, 15) is 9.59 Å². The van der Waals surface area contributed by atoms with Crippen molar-refractivity contribution in [2.24, 2.45) is 5.73 Å². The molecule has 0 spiro atoms. The molecule has 0 heterocycles. The predicted octanol–water partition coefficient (Wildman–Crippen LogP) is 1.93. The van der Waals surface area contributed by atoms with Crippen molar-refractivity contribution in [3.8, 4) is 0 Å². The summed E-state index contributed by atoms with van der Waals surface area (Å²) in [7, 11) is 0. The molecule has 0 saturated carbocycles. The molecule has 0 aromatic heterocycles. The van der Waals surface area contributed by atoms with Crippen LogP contribution in [0.1, 0.15) is 26.3 Å². The molecule has 0 aliphatic rings. The molecule has 0 aliphatic carbocycles. The maximum atomic E-state index is 12.1. The molecule has 5 heteroatoms. The maximum absolute atomic E-state index is 12.1. The third-order valence-corrected chi connectivity index (χ3v) is 3.02. The van der Waals surface area contributed by atoms with Gasteiger partial charge < -0.3 is 16.8 Å². The Kier molecular flexibility index (Phi) is 3.70. The van der Waals surface area contributed by atoms with E-state index in [1.165, 1.54) is 0 Å². The molecular formula is C15H15N3O2. The third kappa shape index (κ3) is 2.77. The molecule has 102 valence electrons. The molecule has 0 fully saturated rings. The highest BCUT2D eigenvalue weighted by Gasteiger charge is 2.11. The molecule has 0 bridgehead atoms. The van der Waals surface area contributed by atoms with Gasteiger partial charge in [-0.15, -0.1) is 0 Å². The molecule has 0 radical (unpaired) electrons. The second-order valence-corrected chi connectivity index (χ2v) is 4.42. The smallest absolute Gasteiger partial charge is 0.255 e. The minimum atomic E-state index is -0.522. The Morgan fingerprint density at radius 2 is 1.70 bits per heavy atom. The van der Waals surface area contributed by atoms with Gasteiger partial charge in [0.25, 0.3) is 5.91 Å². The van der Waals surface area contributed by atoms with Crippen LogP contribution in [0.15, 0.2) is 42.5 Å². The Morgan fingerprint density at radius 1 is 1.05 bits per heavy atom. The molecule has 0 aliphatic heterocycles. The monoisotopic (exact) mass is 269 g/mol. The van der Waals surface area contributed by atoms with Crippen molar-refractivity contribution < 1.29 is 9.59 Å². The van der Waals surface area contributed by atoms with Gasteiger partial charge in [-0.2, -0.15) is 0 Å². The van der Waals surface area contributed by atoms with Crippen LogP contribution < -0.4 is 16.8 Å². The van der Waals surface area contributed by atoms with Crippen LogP contribution in [0.4, 0.5) is 11.4 Å². The Balaban J connectivity index is 2.26. The van der Waals surface area contributed by atoms with E-state index in [1.54, 1.807) is 49.4 Å². The van der Waals surface area contributed by atoms with Crippen molar-refractivity contribution in [3.63, 3.8) is 0 Å². The summed E-state index contributed by atoms with van der Waals surface area (Å²) in [6.07, 6.45) is 0. The van der Waals surface area contributed by atoms with Gasteiger partial charge in [0, 0.05) is 22.5 Å². The van der Waals surface area contributed by atoms with Gasteiger partial charge in [-0.3, -0.25) is 9.59 Å². The first-order valence-electron chi connectivity index (χ1n) is 6.05. The topological polar surface area (TPSA) is 98.2 Å². The number of nitrogens with two attached hydrogens (primary N) is 2. The number of nitrogen functional groups attached to an aromatic ring is 1. The van der Waals surface area contributed by atoms with Gasteiger partial charge >= 0.3 is 0 Å². The van der Waals surface area contributed by atoms with Gasteiger partial charge in [-0.25, -0.2) is 0 Å². The molecule has 5 nitrogen and oxygen atoms in total. The maximum Gasteiger partial charge on any atom is 0.255 e. The van der Waals surface area contributed by atoms with Crippen molar-refractivity contribution in [3.05, 3.63) is 59.2 Å². The zero-order chi connectivity index (χ0) is 14.7. The van der Waals surface area contributed by atoms with Gasteiger partial charge in [0.05, 0.1) is 0 Å². The van der Waals surface area contributed by atoms with Crippen LogP contribution in [-0.2, 0) is 0 Å². The first-order valence-corrected chi connectivity index (χ1v) is 6.05. The molecule has 5 N–H and O–H groups in total. The number of carbonyl (C=O) groups is 2. The lowest BCUT2D eigenvalue weighted by atomic mass is 10.1. The SMILES string of the molecule is Cc1c(NC(=O)c2ccc(N)cc2)cccc1C(N)=O. The number of primary amides is 1. The van der Waals surface area contributed by atoms with E-state index in [1.807, 2.05) is 0 Å². The minimum Gasteiger partial charge on any atom is -0.399 e. The van der Waals surface area contributed by atoms with Crippen LogP contribution in [0.2, 0.25) is 0 Å². The number of hydrogen-bond donors (Lipinski definition) is 3. The second kappa shape index (κ2) is 5.44. The average molecular weight is 269 g/mol. The van der Waals surface area contributed by atoms with Gasteiger partial charge in [-0.05, 0) is 48.9 Å². The molecule has 0 atom stereocenters. The fourth-order valence-electron chi connectivity index (χ4n) is 1.87. The summed E-state index contributed by atoms with van der Waals surface area (Å²) in [5.41, 5.74) is 13.5. The van der Waals surface area contributed by atoms with E-state index in [0.717, 1.165) is 0 Å². The van der Waals surface area contributed by atoms with Crippen molar-refractivity contribution >= 4 is 23.2 Å². The number of anilines is 2. The normalized spacial score (nSPS) is 10.1. The lowest BCUT2D eigenvalue weighted by Gasteiger charge is -2.11. The quantitative estimate of drug-likeness (QED) is 0.742. The first-order chi connectivity index (χ1) is 9.49. The van der Waals surface area contributed by atoms with E-state index in [2.05, 4.69) is 5.32 Å². The van der Waals surface area contributed by atoms with Gasteiger partial charge in [0.1, 0.15) is 0 Å². The highest BCUT2D eigenvalue weighted by Crippen LogP contribution is 2.19. The Labute approximate surface area is 116 Å². The van der Waals surface area contributed by atoms with Crippen LogP contribution in [-0.4, -0.2) is 11.8 Å². The van der Waals surface area contributed by atoms with Gasteiger partial charge in [0.2, 0.25) is 5.91 Å². The summed E-state index contributed by atoms with van der Waals surface area (Å²) in [5, 5.41) is 2.75. The Morgan fingerprint density at radius 3 is 2.30 bits per heavy atom. The number of nitrogens with one attached hydrogen (secondary N) is 1. The zero-order valence-corrected chi connectivity index (χ0v) is 11.0. The lowest BCUT2D eigenvalue weighted by molar-refractivity contribution is 0.0995. The zero-order valence-electron chi connectivity index (χ0n) is 11.0. The van der Waals surface area contributed by atoms with Crippen LogP contribution in [0, 0.1) is 6.92 Å². The van der Waals surface area contributed by atoms with Crippen LogP contribution >= 0.6 is 0 Å². The predicted molar refractivity (Wildman–Crippen MR) is 78.5 cm³/mol. The number of carbonyl (C=O) groups excluding carboxylic acids is 2. The number of amides is 2. The molecule has 0 saturated heterocycles. The van der Waals surface area contributed by atoms with E-state index in [-0.39, 0.29) is 5.91 Å². The highest BCUT2D eigenvalue weighted by molar-refractivity contribution is 6.06. The fraction of sp³-hybridized carbons (Fsp3) is 0.0667. The summed E-state index contributed by atoms with van der Waals surface area (Å²) in [6.45, 7) is 1.73. The number of rotatable bonds is 3. The third-order valence-electron chi connectivity index (χ3n) is 3.02. The van der Waals surface area contributed by atoms with E-state index in [0.29, 0.717) is 28.1 Å². The first kappa shape index (κ1) is 13.6. The Bertz CT molecular complexity index is 663. The minimum absolute atomic E-state index is 0.269. The second-order valence-electron chi connectivity index (χ2n) is 4.42. The standard InChI is InChI=1S/C15H15N3O2/c1-9-12(14(17)19)3-2-4-13(9)18-15(20)10-5-7-11(16)8-6-10/h2-8H,16H2,1H3,(H2,17,19)(H,18,20). The summed E-state index contributed by atoms with van der Waals surface area (Å²) in [4.78, 5) is 23.4. The molecular weight excluding hydrogens is 254 g/mol. The summed E-state index contributed by atoms with van der Waals surface area (Å²) < 4.78 is 0. The van der Waals surface area contributed by atoms with Crippen LogP contribution in [0.5, 0.6) is 0 Å². The summed E-state index contributed by atoms with van der Waals surface area (Å²) in [6, 6.07) is 11.6. The number of hydrogen-bond acceptors (Lipinski definition) is 3. The largest absolute Gasteiger partial charge is 0.399 e. The molecule has 2 amide bonds. The van der Waals surface area contributed by atoms with Gasteiger partial charge in [0.15, 0.2) is 0 Å². The van der Waals surface area contributed by atoms with Crippen LogP contribution in [0.3, 0.4) is 0 Å². The summed E-state index contributed by atoms with van der Waals surface area (Å²) in [5.74, 6) is -0.791. The van der Waals surface area contributed by atoms with E-state index >= 15 is 0 Å². The average Bonchev–Trinajstić information content (AvgIpc) is 2.41. The van der Waals surface area contributed by atoms with Gasteiger partial charge in [-0.1, -0.05) is 6.07 Å². The van der Waals surface area contributed by atoms with Crippen molar-refractivity contribution in [1.82, 2.24) is 0 Å². The lowest BCUT2D eigenvalue weighted by Crippen LogP contribution is -2.16. The molecule has 2 rings (SSSR count). The number of benzene rings is 2. The van der Waals surface area contributed by atoms with E-state index in [4.69, 9.17) is 11.5 Å². The Hall–Kier alpha value is -2.82. The summed E-state index contributed by atoms with van der Waals surface area (Å²) >= 11 is 0. The molecule has 20 heavy (non-hydrogen) atoms. The molecule has 2 aromatic carbocycles. The van der Waals surface area contributed by atoms with Crippen molar-refractivity contribution in [2.45, 2.75) is 6.92 Å².